The van der Waals surface area contributed by atoms with Gasteiger partial charge in [0.05, 0.1) is 15.5 Å². The first kappa shape index (κ1) is 14.0. The van der Waals surface area contributed by atoms with Crippen molar-refractivity contribution in [1.29, 1.82) is 0 Å². The summed E-state index contributed by atoms with van der Waals surface area (Å²) >= 11 is 5.93. The molecule has 2 aromatic carbocycles. The van der Waals surface area contributed by atoms with Crippen molar-refractivity contribution in [2.24, 2.45) is 0 Å². The van der Waals surface area contributed by atoms with Crippen molar-refractivity contribution in [3.05, 3.63) is 62.7 Å². The Kier molecular flexibility index (Phi) is 4.00. The summed E-state index contributed by atoms with van der Waals surface area (Å²) in [5, 5.41) is 11.1. The molecule has 0 aliphatic rings. The summed E-state index contributed by atoms with van der Waals surface area (Å²) in [4.78, 5) is 21.4. The second-order valence-electron chi connectivity index (χ2n) is 4.11. The third-order valence-corrected chi connectivity index (χ3v) is 2.94. The van der Waals surface area contributed by atoms with Gasteiger partial charge in [-0.1, -0.05) is 29.3 Å². The SMILES string of the molecule is Cc1ccc(Oc2c(Cl)cccc2[N+](=O)[O-])c(C=O)c1. The number of carbonyl (C=O) groups is 1. The maximum Gasteiger partial charge on any atom is 0.313 e. The molecule has 0 N–H and O–H groups in total. The molecule has 0 aliphatic heterocycles. The second kappa shape index (κ2) is 5.71. The van der Waals surface area contributed by atoms with Gasteiger partial charge in [-0.15, -0.1) is 0 Å². The van der Waals surface area contributed by atoms with Crippen LogP contribution in [0.1, 0.15) is 15.9 Å². The molecular formula is C14H10ClNO4. The molecular weight excluding hydrogens is 282 g/mol. The molecule has 0 aliphatic carbocycles. The fourth-order valence-corrected chi connectivity index (χ4v) is 1.91. The summed E-state index contributed by atoms with van der Waals surface area (Å²) in [5.74, 6) is 0.146. The molecule has 0 saturated heterocycles. The van der Waals surface area contributed by atoms with Crippen LogP contribution in [-0.4, -0.2) is 11.2 Å². The van der Waals surface area contributed by atoms with Gasteiger partial charge in [0, 0.05) is 6.07 Å². The van der Waals surface area contributed by atoms with E-state index in [1.807, 2.05) is 6.92 Å². The van der Waals surface area contributed by atoms with Crippen LogP contribution < -0.4 is 4.74 Å². The maximum absolute atomic E-state index is 11.0. The average molecular weight is 292 g/mol. The number of benzene rings is 2. The van der Waals surface area contributed by atoms with Crippen molar-refractivity contribution in [3.8, 4) is 11.5 Å². The predicted molar refractivity (Wildman–Crippen MR) is 74.7 cm³/mol. The van der Waals surface area contributed by atoms with Crippen LogP contribution in [0.25, 0.3) is 0 Å². The first-order chi connectivity index (χ1) is 9.52. The Morgan fingerprint density at radius 3 is 2.70 bits per heavy atom. The van der Waals surface area contributed by atoms with Gasteiger partial charge in [0.2, 0.25) is 5.75 Å². The topological polar surface area (TPSA) is 69.4 Å². The molecule has 6 heteroatoms. The summed E-state index contributed by atoms with van der Waals surface area (Å²) in [7, 11) is 0. The number of rotatable bonds is 4. The highest BCUT2D eigenvalue weighted by Crippen LogP contribution is 2.38. The van der Waals surface area contributed by atoms with Gasteiger partial charge in [-0.3, -0.25) is 14.9 Å². The van der Waals surface area contributed by atoms with Gasteiger partial charge in [-0.25, -0.2) is 0 Å². The van der Waals surface area contributed by atoms with E-state index in [2.05, 4.69) is 0 Å². The molecule has 0 unspecified atom stereocenters. The van der Waals surface area contributed by atoms with Gasteiger partial charge in [-0.2, -0.15) is 0 Å². The van der Waals surface area contributed by atoms with E-state index in [1.165, 1.54) is 18.2 Å². The van der Waals surface area contributed by atoms with Crippen LogP contribution in [0.3, 0.4) is 0 Å². The maximum atomic E-state index is 11.0. The highest BCUT2D eigenvalue weighted by Gasteiger charge is 2.20. The third kappa shape index (κ3) is 2.78. The molecule has 2 rings (SSSR count). The molecule has 2 aromatic rings. The zero-order chi connectivity index (χ0) is 14.7. The van der Waals surface area contributed by atoms with Crippen LogP contribution in [0.4, 0.5) is 5.69 Å². The summed E-state index contributed by atoms with van der Waals surface area (Å²) in [6, 6.07) is 9.18. The third-order valence-electron chi connectivity index (χ3n) is 2.65. The number of nitro groups is 1. The number of halogens is 1. The fourth-order valence-electron chi connectivity index (χ4n) is 1.71. The molecule has 0 fully saturated rings. The van der Waals surface area contributed by atoms with E-state index >= 15 is 0 Å². The molecule has 0 radical (unpaired) electrons. The minimum atomic E-state index is -0.587. The highest BCUT2D eigenvalue weighted by molar-refractivity contribution is 6.32. The molecule has 0 amide bonds. The number of ether oxygens (including phenoxy) is 1. The van der Waals surface area contributed by atoms with Gasteiger partial charge in [0.15, 0.2) is 6.29 Å². The van der Waals surface area contributed by atoms with Crippen LogP contribution >= 0.6 is 11.6 Å². The van der Waals surface area contributed by atoms with Crippen LogP contribution in [0.2, 0.25) is 5.02 Å². The standard InChI is InChI=1S/C14H10ClNO4/c1-9-5-6-13(10(7-9)8-17)20-14-11(15)3-2-4-12(14)16(18)19/h2-8H,1H3. The monoisotopic (exact) mass is 291 g/mol. The Morgan fingerprint density at radius 1 is 1.30 bits per heavy atom. The lowest BCUT2D eigenvalue weighted by molar-refractivity contribution is -0.385. The van der Waals surface area contributed by atoms with Gasteiger partial charge in [-0.05, 0) is 25.1 Å². The van der Waals surface area contributed by atoms with Crippen molar-refractivity contribution >= 4 is 23.6 Å². The lowest BCUT2D eigenvalue weighted by Crippen LogP contribution is -1.96. The lowest BCUT2D eigenvalue weighted by atomic mass is 10.1. The molecule has 0 saturated carbocycles. The van der Waals surface area contributed by atoms with E-state index in [0.29, 0.717) is 11.8 Å². The summed E-state index contributed by atoms with van der Waals surface area (Å²) in [6.07, 6.45) is 0.630. The summed E-state index contributed by atoms with van der Waals surface area (Å²) in [6.45, 7) is 1.83. The molecule has 5 nitrogen and oxygen atoms in total. The molecule has 0 bridgehead atoms. The molecule has 0 atom stereocenters. The van der Waals surface area contributed by atoms with Crippen LogP contribution in [0, 0.1) is 17.0 Å². The Labute approximate surface area is 119 Å². The molecule has 102 valence electrons. The first-order valence-corrected chi connectivity index (χ1v) is 6.07. The molecule has 0 spiro atoms. The van der Waals surface area contributed by atoms with Crippen molar-refractivity contribution in [2.45, 2.75) is 6.92 Å². The minimum Gasteiger partial charge on any atom is -0.448 e. The zero-order valence-corrected chi connectivity index (χ0v) is 11.3. The number of nitro benzene ring substituents is 1. The fraction of sp³-hybridized carbons (Fsp3) is 0.0714. The number of carbonyl (C=O) groups excluding carboxylic acids is 1. The van der Waals surface area contributed by atoms with Gasteiger partial charge >= 0.3 is 5.69 Å². The molecule has 0 heterocycles. The zero-order valence-electron chi connectivity index (χ0n) is 10.5. The first-order valence-electron chi connectivity index (χ1n) is 5.69. The van der Waals surface area contributed by atoms with Gasteiger partial charge in [0.1, 0.15) is 5.75 Å². The number of hydrogen-bond donors (Lipinski definition) is 0. The van der Waals surface area contributed by atoms with Crippen molar-refractivity contribution < 1.29 is 14.5 Å². The smallest absolute Gasteiger partial charge is 0.313 e. The Balaban J connectivity index is 2.50. The summed E-state index contributed by atoms with van der Waals surface area (Å²) in [5.41, 5.74) is 0.933. The lowest BCUT2D eigenvalue weighted by Gasteiger charge is -2.10. The van der Waals surface area contributed by atoms with E-state index in [-0.39, 0.29) is 22.2 Å². The predicted octanol–water partition coefficient (Wildman–Crippen LogP) is 4.16. The van der Waals surface area contributed by atoms with Gasteiger partial charge < -0.3 is 4.74 Å². The molecule has 0 aromatic heterocycles. The minimum absolute atomic E-state index is 0.0777. The van der Waals surface area contributed by atoms with Crippen LogP contribution in [0.15, 0.2) is 36.4 Å². The Morgan fingerprint density at radius 2 is 2.05 bits per heavy atom. The molecule has 20 heavy (non-hydrogen) atoms. The Hall–Kier alpha value is -2.40. The average Bonchev–Trinajstić information content (AvgIpc) is 2.42. The van der Waals surface area contributed by atoms with E-state index in [4.69, 9.17) is 16.3 Å². The second-order valence-corrected chi connectivity index (χ2v) is 4.51. The quantitative estimate of drug-likeness (QED) is 0.482. The van der Waals surface area contributed by atoms with E-state index in [0.717, 1.165) is 5.56 Å². The van der Waals surface area contributed by atoms with Crippen molar-refractivity contribution in [1.82, 2.24) is 0 Å². The van der Waals surface area contributed by atoms with Crippen LogP contribution in [0.5, 0.6) is 11.5 Å². The number of para-hydroxylation sites is 1. The van der Waals surface area contributed by atoms with Crippen molar-refractivity contribution in [3.63, 3.8) is 0 Å². The highest BCUT2D eigenvalue weighted by atomic mass is 35.5. The van der Waals surface area contributed by atoms with Crippen molar-refractivity contribution in [2.75, 3.05) is 0 Å². The largest absolute Gasteiger partial charge is 0.448 e. The summed E-state index contributed by atoms with van der Waals surface area (Å²) < 4.78 is 5.47. The van der Waals surface area contributed by atoms with Gasteiger partial charge in [0.25, 0.3) is 0 Å². The number of aldehydes is 1. The number of aryl methyl sites for hydroxylation is 1. The van der Waals surface area contributed by atoms with E-state index in [9.17, 15) is 14.9 Å². The van der Waals surface area contributed by atoms with Crippen LogP contribution in [-0.2, 0) is 0 Å². The van der Waals surface area contributed by atoms with E-state index < -0.39 is 4.92 Å². The Bertz CT molecular complexity index is 685. The number of nitrogens with zero attached hydrogens (tertiary/aromatic N) is 1. The van der Waals surface area contributed by atoms with E-state index in [1.54, 1.807) is 18.2 Å². The number of hydrogen-bond acceptors (Lipinski definition) is 4. The normalized spacial score (nSPS) is 10.1.